The summed E-state index contributed by atoms with van der Waals surface area (Å²) in [5.74, 6) is 1.24. The highest BCUT2D eigenvalue weighted by Crippen LogP contribution is 2.42. The van der Waals surface area contributed by atoms with Crippen molar-refractivity contribution in [2.45, 2.75) is 37.7 Å². The van der Waals surface area contributed by atoms with E-state index in [0.29, 0.717) is 43.6 Å². The Morgan fingerprint density at radius 3 is 2.82 bits per heavy atom. The van der Waals surface area contributed by atoms with E-state index in [1.807, 2.05) is 35.2 Å². The van der Waals surface area contributed by atoms with Crippen LogP contribution >= 0.6 is 0 Å². The van der Waals surface area contributed by atoms with Gasteiger partial charge in [-0.1, -0.05) is 18.2 Å². The van der Waals surface area contributed by atoms with Gasteiger partial charge in [0.05, 0.1) is 13.1 Å². The Kier molecular flexibility index (Phi) is 4.38. The van der Waals surface area contributed by atoms with Gasteiger partial charge in [0, 0.05) is 30.5 Å². The van der Waals surface area contributed by atoms with Crippen molar-refractivity contribution in [2.24, 2.45) is 11.8 Å². The van der Waals surface area contributed by atoms with Gasteiger partial charge in [-0.2, -0.15) is 0 Å². The zero-order valence-corrected chi connectivity index (χ0v) is 16.1. The van der Waals surface area contributed by atoms with Crippen molar-refractivity contribution in [3.05, 3.63) is 36.0 Å². The van der Waals surface area contributed by atoms with Crippen LogP contribution in [0.15, 0.2) is 30.3 Å². The summed E-state index contributed by atoms with van der Waals surface area (Å²) >= 11 is 0. The van der Waals surface area contributed by atoms with Gasteiger partial charge in [-0.15, -0.1) is 0 Å². The lowest BCUT2D eigenvalue weighted by Crippen LogP contribution is -2.66. The van der Waals surface area contributed by atoms with Gasteiger partial charge in [-0.25, -0.2) is 0 Å². The van der Waals surface area contributed by atoms with Crippen molar-refractivity contribution in [2.75, 3.05) is 26.2 Å². The molecule has 6 heteroatoms. The molecule has 3 aliphatic rings. The number of aromatic amines is 1. The maximum Gasteiger partial charge on any atom is 0.270 e. The summed E-state index contributed by atoms with van der Waals surface area (Å²) in [6.07, 6.45) is 5.01. The molecule has 1 aliphatic carbocycles. The van der Waals surface area contributed by atoms with Gasteiger partial charge in [-0.3, -0.25) is 9.59 Å². The predicted octanol–water partition coefficient (Wildman–Crippen LogP) is 2.71. The van der Waals surface area contributed by atoms with Crippen LogP contribution in [0.4, 0.5) is 0 Å². The van der Waals surface area contributed by atoms with E-state index in [9.17, 15) is 9.59 Å². The fourth-order valence-corrected chi connectivity index (χ4v) is 4.69. The first-order chi connectivity index (χ1) is 13.6. The van der Waals surface area contributed by atoms with E-state index in [1.165, 1.54) is 12.8 Å². The van der Waals surface area contributed by atoms with Crippen molar-refractivity contribution >= 4 is 22.7 Å². The molecule has 1 atom stereocenters. The number of benzene rings is 1. The number of amides is 2. The quantitative estimate of drug-likeness (QED) is 0.808. The van der Waals surface area contributed by atoms with E-state index in [2.05, 4.69) is 10.3 Å². The van der Waals surface area contributed by atoms with Gasteiger partial charge in [0.25, 0.3) is 5.91 Å². The van der Waals surface area contributed by atoms with Gasteiger partial charge in [-0.05, 0) is 49.7 Å². The molecule has 0 radical (unpaired) electrons. The number of nitrogens with one attached hydrogen (secondary N) is 2. The minimum atomic E-state index is -0.219. The number of ether oxygens (including phenoxy) is 1. The van der Waals surface area contributed by atoms with Crippen LogP contribution in [0.2, 0.25) is 0 Å². The number of likely N-dealkylation sites (tertiary alicyclic amines) is 1. The van der Waals surface area contributed by atoms with Crippen LogP contribution < -0.4 is 5.32 Å². The molecule has 2 saturated heterocycles. The average Bonchev–Trinajstić information content (AvgIpc) is 3.20. The lowest BCUT2D eigenvalue weighted by Gasteiger charge is -2.50. The molecule has 1 spiro atoms. The molecule has 3 fully saturated rings. The van der Waals surface area contributed by atoms with Crippen LogP contribution in [0.1, 0.15) is 42.6 Å². The second kappa shape index (κ2) is 6.92. The number of hydrogen-bond donors (Lipinski definition) is 2. The number of H-pyrrole nitrogens is 1. The van der Waals surface area contributed by atoms with Crippen LogP contribution in [-0.4, -0.2) is 53.5 Å². The third kappa shape index (κ3) is 3.30. The molecule has 2 N–H and O–H groups in total. The van der Waals surface area contributed by atoms with Crippen molar-refractivity contribution in [1.82, 2.24) is 15.2 Å². The highest BCUT2D eigenvalue weighted by Gasteiger charge is 2.54. The van der Waals surface area contributed by atoms with E-state index in [1.54, 1.807) is 0 Å². The maximum absolute atomic E-state index is 12.8. The van der Waals surface area contributed by atoms with Gasteiger partial charge in [0.1, 0.15) is 11.3 Å². The van der Waals surface area contributed by atoms with Gasteiger partial charge in [0.2, 0.25) is 5.91 Å². The summed E-state index contributed by atoms with van der Waals surface area (Å²) in [5, 5.41) is 4.12. The number of hydrogen-bond acceptors (Lipinski definition) is 3. The van der Waals surface area contributed by atoms with Crippen molar-refractivity contribution in [3.8, 4) is 0 Å². The summed E-state index contributed by atoms with van der Waals surface area (Å²) in [6.45, 7) is 2.73. The Labute approximate surface area is 164 Å². The highest BCUT2D eigenvalue weighted by molar-refractivity contribution is 5.98. The summed E-state index contributed by atoms with van der Waals surface area (Å²) in [4.78, 5) is 29.8. The first kappa shape index (κ1) is 17.7. The number of carbonyl (C=O) groups is 2. The summed E-state index contributed by atoms with van der Waals surface area (Å²) in [5.41, 5.74) is 1.40. The summed E-state index contributed by atoms with van der Waals surface area (Å²) in [6, 6.07) is 9.85. The highest BCUT2D eigenvalue weighted by atomic mass is 16.5. The number of para-hydroxylation sites is 1. The third-order valence-electron chi connectivity index (χ3n) is 6.55. The topological polar surface area (TPSA) is 74.4 Å². The summed E-state index contributed by atoms with van der Waals surface area (Å²) in [7, 11) is 0. The standard InChI is InChI=1S/C22H27N3O3/c26-20(11-15-5-6-15)23-9-7-17-8-10-28-22(17)13-25(14-22)21(27)19-12-16-3-1-2-4-18(16)24-19/h1-4,12,15,17,24H,5-11,13-14H2,(H,23,26)/t17-/m1/s1. The first-order valence-corrected chi connectivity index (χ1v) is 10.4. The molecule has 148 valence electrons. The second-order valence-corrected chi connectivity index (χ2v) is 8.62. The number of carbonyl (C=O) groups excluding carboxylic acids is 2. The van der Waals surface area contributed by atoms with Crippen molar-refractivity contribution < 1.29 is 14.3 Å². The molecule has 0 unspecified atom stereocenters. The molecule has 1 saturated carbocycles. The lowest BCUT2D eigenvalue weighted by molar-refractivity contribution is -0.123. The fourth-order valence-electron chi connectivity index (χ4n) is 4.69. The predicted molar refractivity (Wildman–Crippen MR) is 106 cm³/mol. The van der Waals surface area contributed by atoms with E-state index in [4.69, 9.17) is 4.74 Å². The van der Waals surface area contributed by atoms with Crippen LogP contribution in [0.3, 0.4) is 0 Å². The molecule has 6 nitrogen and oxygen atoms in total. The van der Waals surface area contributed by atoms with E-state index >= 15 is 0 Å². The van der Waals surface area contributed by atoms with Crippen molar-refractivity contribution in [1.29, 1.82) is 0 Å². The van der Waals surface area contributed by atoms with Gasteiger partial charge >= 0.3 is 0 Å². The molecule has 1 aromatic heterocycles. The molecule has 3 heterocycles. The summed E-state index contributed by atoms with van der Waals surface area (Å²) < 4.78 is 6.08. The molecule has 28 heavy (non-hydrogen) atoms. The minimum Gasteiger partial charge on any atom is -0.371 e. The molecule has 0 bridgehead atoms. The van der Waals surface area contributed by atoms with Crippen LogP contribution in [0.25, 0.3) is 10.9 Å². The Hall–Kier alpha value is -2.34. The Bertz CT molecular complexity index is 862. The van der Waals surface area contributed by atoms with E-state index in [-0.39, 0.29) is 17.4 Å². The zero-order chi connectivity index (χ0) is 19.1. The number of rotatable bonds is 6. The molecule has 2 aromatic rings. The third-order valence-corrected chi connectivity index (χ3v) is 6.55. The Morgan fingerprint density at radius 1 is 1.21 bits per heavy atom. The number of nitrogens with zero attached hydrogens (tertiary/aromatic N) is 1. The molecule has 5 rings (SSSR count). The zero-order valence-electron chi connectivity index (χ0n) is 16.1. The normalized spacial score (nSPS) is 23.1. The molecular formula is C22H27N3O3. The fraction of sp³-hybridized carbons (Fsp3) is 0.545. The Morgan fingerprint density at radius 2 is 2.04 bits per heavy atom. The SMILES string of the molecule is O=C(CC1CC1)NCC[C@@H]1CCOC12CN(C(=O)c1cc3ccccc3[nH]1)C2. The van der Waals surface area contributed by atoms with E-state index in [0.717, 1.165) is 30.4 Å². The second-order valence-electron chi connectivity index (χ2n) is 8.62. The molecule has 2 amide bonds. The number of aromatic nitrogens is 1. The Balaban J connectivity index is 1.15. The van der Waals surface area contributed by atoms with Gasteiger partial charge in [0.15, 0.2) is 0 Å². The van der Waals surface area contributed by atoms with E-state index < -0.39 is 0 Å². The molecule has 1 aromatic carbocycles. The maximum atomic E-state index is 12.8. The molecular weight excluding hydrogens is 354 g/mol. The largest absolute Gasteiger partial charge is 0.371 e. The van der Waals surface area contributed by atoms with Crippen LogP contribution in [0, 0.1) is 11.8 Å². The first-order valence-electron chi connectivity index (χ1n) is 10.4. The van der Waals surface area contributed by atoms with Crippen molar-refractivity contribution in [3.63, 3.8) is 0 Å². The molecule has 2 aliphatic heterocycles. The minimum absolute atomic E-state index is 0.0359. The van der Waals surface area contributed by atoms with Crippen LogP contribution in [0.5, 0.6) is 0 Å². The average molecular weight is 381 g/mol. The van der Waals surface area contributed by atoms with Crippen LogP contribution in [-0.2, 0) is 9.53 Å². The lowest BCUT2D eigenvalue weighted by atomic mass is 9.78. The smallest absolute Gasteiger partial charge is 0.270 e. The number of fused-ring (bicyclic) bond motifs is 1. The van der Waals surface area contributed by atoms with Gasteiger partial charge < -0.3 is 19.9 Å². The monoisotopic (exact) mass is 381 g/mol.